The van der Waals surface area contributed by atoms with E-state index in [-0.39, 0.29) is 30.1 Å². The van der Waals surface area contributed by atoms with Crippen molar-refractivity contribution in [1.82, 2.24) is 0 Å². The third-order valence-electron chi connectivity index (χ3n) is 8.15. The van der Waals surface area contributed by atoms with Crippen LogP contribution in [0.25, 0.3) is 0 Å². The maximum absolute atomic E-state index is 12.7. The molecule has 4 rings (SSSR count). The molecule has 30 heavy (non-hydrogen) atoms. The van der Waals surface area contributed by atoms with Gasteiger partial charge in [-0.1, -0.05) is 47.5 Å². The molecule has 1 aliphatic heterocycles. The van der Waals surface area contributed by atoms with Crippen LogP contribution in [0.4, 0.5) is 0 Å². The first-order chi connectivity index (χ1) is 13.9. The van der Waals surface area contributed by atoms with Gasteiger partial charge in [-0.05, 0) is 37.2 Å². The first kappa shape index (κ1) is 22.0. The predicted molar refractivity (Wildman–Crippen MR) is 113 cm³/mol. The van der Waals surface area contributed by atoms with Crippen LogP contribution in [0.1, 0.15) is 40.5 Å². The Morgan fingerprint density at radius 3 is 2.60 bits per heavy atom. The van der Waals surface area contributed by atoms with E-state index in [4.69, 9.17) is 21.1 Å². The SMILES string of the molecule is CC(=O)O[C@@H]1[C@H]2[C@@H]3C=C(Cl)C4=CC(=O)OC[C@]4(C)[C@H]3CC[C@]2(C)[C@@](O)(C(C)=O)[C@@H]1Br. The van der Waals surface area contributed by atoms with Gasteiger partial charge in [0.1, 0.15) is 18.3 Å². The Hall–Kier alpha value is -1.18. The molecular formula is C22H26BrClO6. The molecule has 4 aliphatic rings. The van der Waals surface area contributed by atoms with Crippen LogP contribution in [0.15, 0.2) is 22.8 Å². The van der Waals surface area contributed by atoms with Crippen molar-refractivity contribution in [2.24, 2.45) is 28.6 Å². The number of fused-ring (bicyclic) bond motifs is 5. The number of rotatable bonds is 2. The number of hydrogen-bond acceptors (Lipinski definition) is 6. The largest absolute Gasteiger partial charge is 0.462 e. The second-order valence-corrected chi connectivity index (χ2v) is 11.0. The molecule has 0 saturated heterocycles. The lowest BCUT2D eigenvalue weighted by Gasteiger charge is -2.56. The molecule has 0 aromatic carbocycles. The maximum Gasteiger partial charge on any atom is 0.331 e. The Morgan fingerprint density at radius 1 is 1.33 bits per heavy atom. The third-order valence-corrected chi connectivity index (χ3v) is 9.66. The molecule has 0 spiro atoms. The summed E-state index contributed by atoms with van der Waals surface area (Å²) >= 11 is 10.2. The number of alkyl halides is 1. The summed E-state index contributed by atoms with van der Waals surface area (Å²) < 4.78 is 11.1. The van der Waals surface area contributed by atoms with Crippen LogP contribution < -0.4 is 0 Å². The number of carbonyl (C=O) groups excluding carboxylic acids is 3. The van der Waals surface area contributed by atoms with Gasteiger partial charge in [-0.3, -0.25) is 9.59 Å². The van der Waals surface area contributed by atoms with E-state index in [2.05, 4.69) is 15.9 Å². The van der Waals surface area contributed by atoms with E-state index in [1.807, 2.05) is 19.9 Å². The lowest BCUT2D eigenvalue weighted by Crippen LogP contribution is -2.59. The number of Topliss-reactive ketones (excluding diaryl/α,β-unsaturated/α-hetero) is 1. The zero-order valence-electron chi connectivity index (χ0n) is 17.4. The molecule has 0 radical (unpaired) electrons. The normalized spacial score (nSPS) is 47.2. The first-order valence-electron chi connectivity index (χ1n) is 10.2. The summed E-state index contributed by atoms with van der Waals surface area (Å²) in [7, 11) is 0. The third kappa shape index (κ3) is 2.67. The average Bonchev–Trinajstić information content (AvgIpc) is 2.82. The minimum Gasteiger partial charge on any atom is -0.462 e. The number of allylic oxidation sites excluding steroid dienone is 2. The second kappa shape index (κ2) is 6.91. The van der Waals surface area contributed by atoms with Crippen LogP contribution >= 0.6 is 27.5 Å². The van der Waals surface area contributed by atoms with Gasteiger partial charge < -0.3 is 14.6 Å². The van der Waals surface area contributed by atoms with Gasteiger partial charge >= 0.3 is 11.9 Å². The van der Waals surface area contributed by atoms with Gasteiger partial charge in [-0.15, -0.1) is 0 Å². The summed E-state index contributed by atoms with van der Waals surface area (Å²) in [5, 5.41) is 12.1. The molecule has 0 unspecified atom stereocenters. The van der Waals surface area contributed by atoms with Crippen LogP contribution in [0, 0.1) is 28.6 Å². The van der Waals surface area contributed by atoms with Gasteiger partial charge in [0.05, 0.1) is 4.83 Å². The minimum absolute atomic E-state index is 0.0597. The average molecular weight is 502 g/mol. The number of cyclic esters (lactones) is 1. The summed E-state index contributed by atoms with van der Waals surface area (Å²) in [6.07, 6.45) is 3.96. The Balaban J connectivity index is 1.89. The fourth-order valence-corrected chi connectivity index (χ4v) is 8.36. The molecule has 0 amide bonds. The maximum atomic E-state index is 12.7. The lowest BCUT2D eigenvalue weighted by molar-refractivity contribution is -0.162. The molecule has 0 bridgehead atoms. The summed E-state index contributed by atoms with van der Waals surface area (Å²) in [5.41, 5.74) is -2.21. The van der Waals surface area contributed by atoms with Crippen molar-refractivity contribution in [3.05, 3.63) is 22.8 Å². The Morgan fingerprint density at radius 2 is 2.00 bits per heavy atom. The van der Waals surface area contributed by atoms with Crippen LogP contribution in [0.5, 0.6) is 0 Å². The number of aliphatic hydroxyl groups is 1. The number of esters is 2. The van der Waals surface area contributed by atoms with Crippen LogP contribution in [-0.4, -0.2) is 46.0 Å². The molecule has 1 heterocycles. The Labute approximate surface area is 189 Å². The molecule has 8 heteroatoms. The zero-order valence-corrected chi connectivity index (χ0v) is 19.7. The Bertz CT molecular complexity index is 898. The highest BCUT2D eigenvalue weighted by Crippen LogP contribution is 2.68. The molecule has 0 aromatic rings. The van der Waals surface area contributed by atoms with E-state index in [0.29, 0.717) is 17.9 Å². The zero-order chi connectivity index (χ0) is 22.2. The van der Waals surface area contributed by atoms with E-state index in [0.717, 1.165) is 5.57 Å². The predicted octanol–water partition coefficient (Wildman–Crippen LogP) is 3.29. The highest BCUT2D eigenvalue weighted by molar-refractivity contribution is 9.09. The summed E-state index contributed by atoms with van der Waals surface area (Å²) in [6.45, 7) is 6.88. The molecule has 2 fully saturated rings. The number of carbonyl (C=O) groups is 3. The standard InChI is InChI=1S/C22H26BrClO6/c1-10(25)22(28)19(23)18(30-11(2)26)17-12-7-15(24)14-8-16(27)29-9-20(14,3)13(12)5-6-21(17,22)4/h7-8,12-13,17-19,28H,5-6,9H2,1-4H3/t12-,13+,17-,18-,19-,20-,21+,22-/m1/s1. The summed E-state index contributed by atoms with van der Waals surface area (Å²) in [5.74, 6) is -1.65. The van der Waals surface area contributed by atoms with Crippen molar-refractivity contribution >= 4 is 45.3 Å². The first-order valence-corrected chi connectivity index (χ1v) is 11.5. The van der Waals surface area contributed by atoms with E-state index >= 15 is 0 Å². The van der Waals surface area contributed by atoms with E-state index in [1.54, 1.807) is 0 Å². The van der Waals surface area contributed by atoms with Gasteiger partial charge in [-0.2, -0.15) is 0 Å². The highest BCUT2D eigenvalue weighted by Gasteiger charge is 2.73. The lowest BCUT2D eigenvalue weighted by atomic mass is 9.49. The fraction of sp³-hybridized carbons (Fsp3) is 0.682. The monoisotopic (exact) mass is 500 g/mol. The van der Waals surface area contributed by atoms with Gasteiger partial charge in [0, 0.05) is 34.8 Å². The van der Waals surface area contributed by atoms with Crippen molar-refractivity contribution in [2.45, 2.75) is 57.1 Å². The van der Waals surface area contributed by atoms with Gasteiger partial charge in [0.2, 0.25) is 0 Å². The molecule has 0 aromatic heterocycles. The van der Waals surface area contributed by atoms with Crippen molar-refractivity contribution in [3.8, 4) is 0 Å². The fourth-order valence-electron chi connectivity index (χ4n) is 6.67. The van der Waals surface area contributed by atoms with Gasteiger partial charge in [0.25, 0.3) is 0 Å². The number of hydrogen-bond donors (Lipinski definition) is 1. The number of halogens is 2. The number of ketones is 1. The molecule has 164 valence electrons. The molecular weight excluding hydrogens is 476 g/mol. The summed E-state index contributed by atoms with van der Waals surface area (Å²) in [6, 6.07) is 0. The highest BCUT2D eigenvalue weighted by atomic mass is 79.9. The van der Waals surface area contributed by atoms with Crippen molar-refractivity contribution < 1.29 is 29.0 Å². The second-order valence-electron chi connectivity index (χ2n) is 9.56. The van der Waals surface area contributed by atoms with E-state index in [9.17, 15) is 19.5 Å². The van der Waals surface area contributed by atoms with E-state index in [1.165, 1.54) is 19.9 Å². The van der Waals surface area contributed by atoms with Crippen LogP contribution in [0.2, 0.25) is 0 Å². The smallest absolute Gasteiger partial charge is 0.331 e. The van der Waals surface area contributed by atoms with E-state index < -0.39 is 39.3 Å². The Kier molecular flexibility index (Phi) is 5.07. The topological polar surface area (TPSA) is 89.9 Å². The van der Waals surface area contributed by atoms with Crippen molar-refractivity contribution in [2.75, 3.05) is 6.61 Å². The quantitative estimate of drug-likeness (QED) is 0.461. The number of ether oxygens (including phenoxy) is 2. The minimum atomic E-state index is -1.68. The molecule has 8 atom stereocenters. The van der Waals surface area contributed by atoms with Crippen LogP contribution in [0.3, 0.4) is 0 Å². The molecule has 6 nitrogen and oxygen atoms in total. The molecule has 2 saturated carbocycles. The summed E-state index contributed by atoms with van der Waals surface area (Å²) in [4.78, 5) is 35.8. The molecule has 3 aliphatic carbocycles. The molecule has 1 N–H and O–H groups in total. The van der Waals surface area contributed by atoms with Gasteiger partial charge in [-0.25, -0.2) is 4.79 Å². The van der Waals surface area contributed by atoms with Gasteiger partial charge in [0.15, 0.2) is 5.78 Å². The van der Waals surface area contributed by atoms with Crippen molar-refractivity contribution in [3.63, 3.8) is 0 Å². The van der Waals surface area contributed by atoms with Crippen LogP contribution in [-0.2, 0) is 23.9 Å². The van der Waals surface area contributed by atoms with Crippen molar-refractivity contribution in [1.29, 1.82) is 0 Å².